The van der Waals surface area contributed by atoms with Gasteiger partial charge in [0.15, 0.2) is 0 Å². The third-order valence-electron chi connectivity index (χ3n) is 3.44. The van der Waals surface area contributed by atoms with E-state index in [0.717, 1.165) is 18.5 Å². The molecule has 0 aliphatic carbocycles. The van der Waals surface area contributed by atoms with Crippen LogP contribution in [0.15, 0.2) is 54.6 Å². The van der Waals surface area contributed by atoms with Crippen LogP contribution in [-0.2, 0) is 11.2 Å². The predicted molar refractivity (Wildman–Crippen MR) is 83.9 cm³/mol. The van der Waals surface area contributed by atoms with Crippen molar-refractivity contribution in [3.05, 3.63) is 65.7 Å². The molecule has 21 heavy (non-hydrogen) atoms. The zero-order valence-corrected chi connectivity index (χ0v) is 12.1. The van der Waals surface area contributed by atoms with Crippen molar-refractivity contribution in [2.24, 2.45) is 0 Å². The maximum atomic E-state index is 12.2. The minimum absolute atomic E-state index is 0.0704. The summed E-state index contributed by atoms with van der Waals surface area (Å²) in [5, 5.41) is 8.90. The molecule has 0 spiro atoms. The third kappa shape index (κ3) is 4.19. The van der Waals surface area contributed by atoms with Crippen LogP contribution in [0, 0.1) is 11.3 Å². The number of carbonyl (C=O) groups excluding carboxylic acids is 1. The minimum Gasteiger partial charge on any atom is -0.315 e. The summed E-state index contributed by atoms with van der Waals surface area (Å²) in [6, 6.07) is 19.3. The molecule has 106 valence electrons. The highest BCUT2D eigenvalue weighted by atomic mass is 16.2. The molecule has 2 aromatic rings. The summed E-state index contributed by atoms with van der Waals surface area (Å²) < 4.78 is 0. The Morgan fingerprint density at radius 3 is 2.62 bits per heavy atom. The van der Waals surface area contributed by atoms with Crippen molar-refractivity contribution in [1.82, 2.24) is 0 Å². The molecule has 0 saturated heterocycles. The van der Waals surface area contributed by atoms with Crippen LogP contribution in [0.1, 0.15) is 24.0 Å². The number of anilines is 1. The van der Waals surface area contributed by atoms with Crippen LogP contribution in [0.2, 0.25) is 0 Å². The summed E-state index contributed by atoms with van der Waals surface area (Å²) in [7, 11) is 1.75. The Kier molecular flexibility index (Phi) is 5.11. The van der Waals surface area contributed by atoms with Crippen LogP contribution in [0.25, 0.3) is 0 Å². The fraction of sp³-hybridized carbons (Fsp3) is 0.222. The number of carbonyl (C=O) groups is 1. The number of benzene rings is 2. The van der Waals surface area contributed by atoms with Crippen LogP contribution in [0.4, 0.5) is 5.69 Å². The van der Waals surface area contributed by atoms with Gasteiger partial charge in [0.25, 0.3) is 0 Å². The number of hydrogen-bond donors (Lipinski definition) is 0. The minimum atomic E-state index is 0.0704. The molecular formula is C18H18N2O. The average molecular weight is 278 g/mol. The summed E-state index contributed by atoms with van der Waals surface area (Å²) in [6.45, 7) is 0. The molecule has 3 heteroatoms. The first-order valence-corrected chi connectivity index (χ1v) is 7.01. The van der Waals surface area contributed by atoms with Gasteiger partial charge in [-0.2, -0.15) is 5.26 Å². The highest BCUT2D eigenvalue weighted by Gasteiger charge is 2.11. The number of hydrogen-bond acceptors (Lipinski definition) is 2. The molecule has 0 heterocycles. The van der Waals surface area contributed by atoms with Crippen molar-refractivity contribution < 1.29 is 4.79 Å². The molecule has 0 N–H and O–H groups in total. The molecule has 0 aliphatic heterocycles. The van der Waals surface area contributed by atoms with Gasteiger partial charge in [-0.3, -0.25) is 4.79 Å². The van der Waals surface area contributed by atoms with Crippen molar-refractivity contribution in [1.29, 1.82) is 5.26 Å². The summed E-state index contributed by atoms with van der Waals surface area (Å²) in [5.74, 6) is 0.0704. The van der Waals surface area contributed by atoms with Crippen molar-refractivity contribution >= 4 is 11.6 Å². The van der Waals surface area contributed by atoms with Gasteiger partial charge in [0.1, 0.15) is 0 Å². The Labute approximate surface area is 125 Å². The van der Waals surface area contributed by atoms with Gasteiger partial charge in [-0.15, -0.1) is 0 Å². The third-order valence-corrected chi connectivity index (χ3v) is 3.44. The first-order chi connectivity index (χ1) is 10.2. The van der Waals surface area contributed by atoms with Crippen LogP contribution < -0.4 is 4.90 Å². The lowest BCUT2D eigenvalue weighted by molar-refractivity contribution is -0.118. The Balaban J connectivity index is 1.89. The molecule has 0 radical (unpaired) electrons. The first kappa shape index (κ1) is 14.8. The maximum absolute atomic E-state index is 12.2. The van der Waals surface area contributed by atoms with Crippen LogP contribution in [0.3, 0.4) is 0 Å². The SMILES string of the molecule is CN(C(=O)CCCc1ccccc1)c1cccc(C#N)c1. The van der Waals surface area contributed by atoms with E-state index in [0.29, 0.717) is 12.0 Å². The second-order valence-electron chi connectivity index (χ2n) is 4.95. The molecule has 1 amide bonds. The van der Waals surface area contributed by atoms with Gasteiger partial charge < -0.3 is 4.90 Å². The Hall–Kier alpha value is -2.60. The van der Waals surface area contributed by atoms with Gasteiger partial charge in [-0.05, 0) is 36.6 Å². The molecule has 2 aromatic carbocycles. The zero-order valence-electron chi connectivity index (χ0n) is 12.1. The summed E-state index contributed by atoms with van der Waals surface area (Å²) in [6.07, 6.45) is 2.23. The molecule has 0 aliphatic rings. The molecule has 0 saturated carbocycles. The van der Waals surface area contributed by atoms with Crippen molar-refractivity contribution in [3.8, 4) is 6.07 Å². The normalized spacial score (nSPS) is 9.90. The second kappa shape index (κ2) is 7.25. The fourth-order valence-electron chi connectivity index (χ4n) is 2.18. The lowest BCUT2D eigenvalue weighted by Gasteiger charge is -2.17. The number of nitrogens with zero attached hydrogens (tertiary/aromatic N) is 2. The zero-order chi connectivity index (χ0) is 15.1. The first-order valence-electron chi connectivity index (χ1n) is 7.01. The van der Waals surface area contributed by atoms with Gasteiger partial charge in [0.2, 0.25) is 5.91 Å². The summed E-state index contributed by atoms with van der Waals surface area (Å²) in [5.41, 5.74) is 2.58. The van der Waals surface area contributed by atoms with Gasteiger partial charge >= 0.3 is 0 Å². The topological polar surface area (TPSA) is 44.1 Å². The largest absolute Gasteiger partial charge is 0.315 e. The Bertz CT molecular complexity index is 644. The smallest absolute Gasteiger partial charge is 0.226 e. The highest BCUT2D eigenvalue weighted by molar-refractivity contribution is 5.92. The van der Waals surface area contributed by atoms with Crippen LogP contribution in [-0.4, -0.2) is 13.0 Å². The molecule has 0 aromatic heterocycles. The van der Waals surface area contributed by atoms with Crippen molar-refractivity contribution in [3.63, 3.8) is 0 Å². The fourth-order valence-corrected chi connectivity index (χ4v) is 2.18. The van der Waals surface area contributed by atoms with E-state index in [1.807, 2.05) is 24.3 Å². The van der Waals surface area contributed by atoms with Gasteiger partial charge in [-0.25, -0.2) is 0 Å². The molecule has 0 unspecified atom stereocenters. The van der Waals surface area contributed by atoms with E-state index in [1.165, 1.54) is 5.56 Å². The van der Waals surface area contributed by atoms with E-state index in [-0.39, 0.29) is 5.91 Å². The Morgan fingerprint density at radius 2 is 1.90 bits per heavy atom. The molecule has 3 nitrogen and oxygen atoms in total. The molecule has 0 atom stereocenters. The summed E-state index contributed by atoms with van der Waals surface area (Å²) in [4.78, 5) is 13.8. The van der Waals surface area contributed by atoms with E-state index in [4.69, 9.17) is 5.26 Å². The maximum Gasteiger partial charge on any atom is 0.226 e. The highest BCUT2D eigenvalue weighted by Crippen LogP contribution is 2.16. The second-order valence-corrected chi connectivity index (χ2v) is 4.95. The van der Waals surface area contributed by atoms with Crippen LogP contribution >= 0.6 is 0 Å². The quantitative estimate of drug-likeness (QED) is 0.839. The van der Waals surface area contributed by atoms with Gasteiger partial charge in [0.05, 0.1) is 11.6 Å². The van der Waals surface area contributed by atoms with E-state index in [1.54, 1.807) is 30.1 Å². The van der Waals surface area contributed by atoms with E-state index < -0.39 is 0 Å². The number of nitriles is 1. The van der Waals surface area contributed by atoms with E-state index in [2.05, 4.69) is 18.2 Å². The standard InChI is InChI=1S/C18H18N2O/c1-20(17-11-5-10-16(13-17)14-19)18(21)12-6-9-15-7-3-2-4-8-15/h2-5,7-8,10-11,13H,6,9,12H2,1H3. The van der Waals surface area contributed by atoms with E-state index >= 15 is 0 Å². The number of aryl methyl sites for hydroxylation is 1. The molecular weight excluding hydrogens is 260 g/mol. The van der Waals surface area contributed by atoms with Crippen molar-refractivity contribution in [2.45, 2.75) is 19.3 Å². The Morgan fingerprint density at radius 1 is 1.14 bits per heavy atom. The van der Waals surface area contributed by atoms with Gasteiger partial charge in [0, 0.05) is 19.2 Å². The monoisotopic (exact) mass is 278 g/mol. The van der Waals surface area contributed by atoms with E-state index in [9.17, 15) is 4.79 Å². The molecule has 0 fully saturated rings. The number of amides is 1. The number of rotatable bonds is 5. The summed E-state index contributed by atoms with van der Waals surface area (Å²) >= 11 is 0. The lowest BCUT2D eigenvalue weighted by atomic mass is 10.1. The lowest BCUT2D eigenvalue weighted by Crippen LogP contribution is -2.26. The van der Waals surface area contributed by atoms with Gasteiger partial charge in [-0.1, -0.05) is 36.4 Å². The predicted octanol–water partition coefficient (Wildman–Crippen LogP) is 3.54. The average Bonchev–Trinajstić information content (AvgIpc) is 2.55. The molecule has 2 rings (SSSR count). The van der Waals surface area contributed by atoms with Crippen LogP contribution in [0.5, 0.6) is 0 Å². The molecule has 0 bridgehead atoms. The van der Waals surface area contributed by atoms with Crippen molar-refractivity contribution in [2.75, 3.05) is 11.9 Å².